The van der Waals surface area contributed by atoms with Gasteiger partial charge in [0.15, 0.2) is 0 Å². The number of hydrogen-bond acceptors (Lipinski definition) is 3. The van der Waals surface area contributed by atoms with Crippen molar-refractivity contribution in [1.29, 1.82) is 0 Å². The van der Waals surface area contributed by atoms with Crippen LogP contribution in [0.1, 0.15) is 49.4 Å². The molecule has 0 saturated heterocycles. The average Bonchev–Trinajstić information content (AvgIpc) is 2.45. The summed E-state index contributed by atoms with van der Waals surface area (Å²) in [5.74, 6) is 0.485. The highest BCUT2D eigenvalue weighted by molar-refractivity contribution is 5.95. The van der Waals surface area contributed by atoms with Crippen molar-refractivity contribution >= 4 is 11.6 Å². The summed E-state index contributed by atoms with van der Waals surface area (Å²) in [5, 5.41) is 3.12. The zero-order valence-electron chi connectivity index (χ0n) is 12.8. The van der Waals surface area contributed by atoms with Gasteiger partial charge in [-0.3, -0.25) is 4.79 Å². The largest absolute Gasteiger partial charge is 0.495 e. The van der Waals surface area contributed by atoms with Crippen LogP contribution in [0.2, 0.25) is 0 Å². The average molecular weight is 288 g/mol. The number of hydrogen-bond donors (Lipinski definition) is 2. The molecular formula is C17H24N2O2. The van der Waals surface area contributed by atoms with Gasteiger partial charge in [-0.1, -0.05) is 11.6 Å². The Bertz CT molecular complexity index is 538. The van der Waals surface area contributed by atoms with Crippen LogP contribution < -0.4 is 15.8 Å². The standard InChI is InChI=1S/C17H24N2O2/c1-12-5-3-7-14(8-4-6-12)19-17(20)13-9-10-15(18)16(11-13)21-2/h5,9-11,14H,3-4,6-8,18H2,1-2H3,(H,19,20). The minimum Gasteiger partial charge on any atom is -0.495 e. The van der Waals surface area contributed by atoms with Crippen LogP contribution >= 0.6 is 0 Å². The molecule has 0 aliphatic heterocycles. The third-order valence-corrected chi connectivity index (χ3v) is 3.96. The van der Waals surface area contributed by atoms with Gasteiger partial charge in [-0.2, -0.15) is 0 Å². The first kappa shape index (κ1) is 15.4. The number of nitrogens with two attached hydrogens (primary N) is 1. The lowest BCUT2D eigenvalue weighted by atomic mass is 9.97. The second-order valence-corrected chi connectivity index (χ2v) is 5.65. The van der Waals surface area contributed by atoms with Gasteiger partial charge >= 0.3 is 0 Å². The van der Waals surface area contributed by atoms with Crippen LogP contribution in [-0.2, 0) is 0 Å². The molecule has 1 aliphatic carbocycles. The Labute approximate surface area is 126 Å². The molecule has 1 aromatic carbocycles. The molecular weight excluding hydrogens is 264 g/mol. The zero-order valence-corrected chi connectivity index (χ0v) is 12.8. The smallest absolute Gasteiger partial charge is 0.251 e. The van der Waals surface area contributed by atoms with E-state index in [-0.39, 0.29) is 11.9 Å². The summed E-state index contributed by atoms with van der Waals surface area (Å²) in [6, 6.07) is 5.38. The number of ether oxygens (including phenoxy) is 1. The van der Waals surface area contributed by atoms with Gasteiger partial charge in [-0.25, -0.2) is 0 Å². The van der Waals surface area contributed by atoms with Gasteiger partial charge in [0, 0.05) is 11.6 Å². The first-order chi connectivity index (χ1) is 10.1. The van der Waals surface area contributed by atoms with Crippen LogP contribution in [-0.4, -0.2) is 19.1 Å². The fourth-order valence-corrected chi connectivity index (χ4v) is 2.67. The van der Waals surface area contributed by atoms with Gasteiger partial charge < -0.3 is 15.8 Å². The molecule has 4 heteroatoms. The molecule has 1 atom stereocenters. The Balaban J connectivity index is 2.00. The molecule has 114 valence electrons. The van der Waals surface area contributed by atoms with E-state index < -0.39 is 0 Å². The van der Waals surface area contributed by atoms with Crippen molar-refractivity contribution in [2.45, 2.75) is 45.1 Å². The molecule has 0 fully saturated rings. The van der Waals surface area contributed by atoms with Crippen LogP contribution in [0, 0.1) is 0 Å². The Morgan fingerprint density at radius 1 is 1.38 bits per heavy atom. The molecule has 1 unspecified atom stereocenters. The van der Waals surface area contributed by atoms with Crippen molar-refractivity contribution in [2.24, 2.45) is 0 Å². The summed E-state index contributed by atoms with van der Waals surface area (Å²) in [5.41, 5.74) is 8.37. The number of anilines is 1. The number of benzene rings is 1. The Morgan fingerprint density at radius 3 is 2.95 bits per heavy atom. The van der Waals surface area contributed by atoms with Gasteiger partial charge in [0.1, 0.15) is 5.75 Å². The summed E-state index contributed by atoms with van der Waals surface area (Å²) < 4.78 is 5.16. The van der Waals surface area contributed by atoms with Crippen molar-refractivity contribution in [3.63, 3.8) is 0 Å². The Morgan fingerprint density at radius 2 is 2.19 bits per heavy atom. The summed E-state index contributed by atoms with van der Waals surface area (Å²) in [7, 11) is 1.55. The fourth-order valence-electron chi connectivity index (χ4n) is 2.67. The summed E-state index contributed by atoms with van der Waals surface area (Å²) in [6.07, 6.45) is 7.59. The van der Waals surface area contributed by atoms with E-state index in [2.05, 4.69) is 18.3 Å². The highest BCUT2D eigenvalue weighted by Crippen LogP contribution is 2.23. The summed E-state index contributed by atoms with van der Waals surface area (Å²) in [4.78, 5) is 12.3. The van der Waals surface area contributed by atoms with E-state index >= 15 is 0 Å². The molecule has 1 amide bonds. The van der Waals surface area contributed by atoms with Crippen LogP contribution in [0.3, 0.4) is 0 Å². The monoisotopic (exact) mass is 288 g/mol. The Hall–Kier alpha value is -1.97. The van der Waals surface area contributed by atoms with Crippen molar-refractivity contribution in [1.82, 2.24) is 5.32 Å². The molecule has 0 saturated carbocycles. The van der Waals surface area contributed by atoms with Gasteiger partial charge in [-0.15, -0.1) is 0 Å². The number of allylic oxidation sites excluding steroid dienone is 2. The van der Waals surface area contributed by atoms with Crippen LogP contribution in [0.4, 0.5) is 5.69 Å². The van der Waals surface area contributed by atoms with Crippen molar-refractivity contribution in [3.05, 3.63) is 35.4 Å². The summed E-state index contributed by atoms with van der Waals surface area (Å²) in [6.45, 7) is 2.18. The molecule has 2 rings (SSSR count). The third kappa shape index (κ3) is 4.25. The molecule has 1 aliphatic rings. The van der Waals surface area contributed by atoms with Gasteiger partial charge in [0.2, 0.25) is 0 Å². The minimum atomic E-state index is -0.0559. The third-order valence-electron chi connectivity index (χ3n) is 3.96. The highest BCUT2D eigenvalue weighted by Gasteiger charge is 2.15. The number of carbonyl (C=O) groups is 1. The molecule has 0 bridgehead atoms. The summed E-state index contributed by atoms with van der Waals surface area (Å²) >= 11 is 0. The topological polar surface area (TPSA) is 64.3 Å². The minimum absolute atomic E-state index is 0.0559. The molecule has 0 radical (unpaired) electrons. The lowest BCUT2D eigenvalue weighted by Crippen LogP contribution is -2.35. The molecule has 4 nitrogen and oxygen atoms in total. The number of nitrogen functional groups attached to an aromatic ring is 1. The van der Waals surface area contributed by atoms with Crippen LogP contribution in [0.15, 0.2) is 29.8 Å². The van der Waals surface area contributed by atoms with Gasteiger partial charge in [0.25, 0.3) is 5.91 Å². The van der Waals surface area contributed by atoms with Crippen molar-refractivity contribution in [3.8, 4) is 5.75 Å². The second kappa shape index (κ2) is 7.16. The van der Waals surface area contributed by atoms with E-state index in [0.717, 1.165) is 32.1 Å². The van der Waals surface area contributed by atoms with E-state index in [1.54, 1.807) is 25.3 Å². The van der Waals surface area contributed by atoms with Crippen molar-refractivity contribution < 1.29 is 9.53 Å². The maximum atomic E-state index is 12.3. The maximum Gasteiger partial charge on any atom is 0.251 e. The normalized spacial score (nSPS) is 19.1. The quantitative estimate of drug-likeness (QED) is 0.662. The fraction of sp³-hybridized carbons (Fsp3) is 0.471. The second-order valence-electron chi connectivity index (χ2n) is 5.65. The lowest BCUT2D eigenvalue weighted by Gasteiger charge is -2.20. The van der Waals surface area contributed by atoms with E-state index in [1.807, 2.05) is 0 Å². The first-order valence-corrected chi connectivity index (χ1v) is 7.50. The van der Waals surface area contributed by atoms with E-state index in [9.17, 15) is 4.79 Å². The number of methoxy groups -OCH3 is 1. The number of rotatable bonds is 3. The molecule has 0 heterocycles. The molecule has 3 N–H and O–H groups in total. The SMILES string of the molecule is COc1cc(C(=O)NC2CCC=C(C)CCC2)ccc1N. The molecule has 0 aromatic heterocycles. The predicted octanol–water partition coefficient (Wildman–Crippen LogP) is 3.29. The number of amides is 1. The van der Waals surface area contributed by atoms with Crippen molar-refractivity contribution in [2.75, 3.05) is 12.8 Å². The van der Waals surface area contributed by atoms with Gasteiger partial charge in [0.05, 0.1) is 12.8 Å². The van der Waals surface area contributed by atoms with E-state index in [0.29, 0.717) is 17.0 Å². The zero-order chi connectivity index (χ0) is 15.2. The van der Waals surface area contributed by atoms with Gasteiger partial charge in [-0.05, 0) is 57.2 Å². The highest BCUT2D eigenvalue weighted by atomic mass is 16.5. The predicted molar refractivity (Wildman–Crippen MR) is 85.5 cm³/mol. The Kier molecular flexibility index (Phi) is 5.26. The number of nitrogens with one attached hydrogen (secondary N) is 1. The molecule has 1 aromatic rings. The first-order valence-electron chi connectivity index (χ1n) is 7.50. The van der Waals surface area contributed by atoms with E-state index in [1.165, 1.54) is 5.57 Å². The lowest BCUT2D eigenvalue weighted by molar-refractivity contribution is 0.0932. The van der Waals surface area contributed by atoms with Crippen LogP contribution in [0.5, 0.6) is 5.75 Å². The molecule has 0 spiro atoms. The maximum absolute atomic E-state index is 12.3. The number of carbonyl (C=O) groups excluding carboxylic acids is 1. The molecule has 21 heavy (non-hydrogen) atoms. The van der Waals surface area contributed by atoms with E-state index in [4.69, 9.17) is 10.5 Å². The van der Waals surface area contributed by atoms with Crippen LogP contribution in [0.25, 0.3) is 0 Å².